The van der Waals surface area contributed by atoms with E-state index in [2.05, 4.69) is 4.98 Å². The van der Waals surface area contributed by atoms with Crippen LogP contribution in [-0.2, 0) is 11.3 Å². The van der Waals surface area contributed by atoms with Gasteiger partial charge in [-0.1, -0.05) is 30.3 Å². The second-order valence-corrected chi connectivity index (χ2v) is 6.65. The van der Waals surface area contributed by atoms with Gasteiger partial charge in [0.05, 0.1) is 6.04 Å². The van der Waals surface area contributed by atoms with E-state index in [4.69, 9.17) is 4.74 Å². The molecule has 6 heteroatoms. The predicted octanol–water partition coefficient (Wildman–Crippen LogP) is 4.29. The van der Waals surface area contributed by atoms with Gasteiger partial charge in [0.15, 0.2) is 5.78 Å². The molecule has 0 radical (unpaired) electrons. The van der Waals surface area contributed by atoms with Crippen molar-refractivity contribution in [3.8, 4) is 0 Å². The Balaban J connectivity index is 1.51. The minimum absolute atomic E-state index is 0.162. The third kappa shape index (κ3) is 3.43. The Kier molecular flexibility index (Phi) is 4.62. The number of hydrogen-bond acceptors (Lipinski definition) is 3. The van der Waals surface area contributed by atoms with E-state index < -0.39 is 18.0 Å². The number of fused-ring (bicyclic) bond motifs is 1. The lowest BCUT2D eigenvalue weighted by Crippen LogP contribution is -2.40. The molecule has 0 spiro atoms. The predicted molar refractivity (Wildman–Crippen MR) is 98.9 cm³/mol. The van der Waals surface area contributed by atoms with E-state index in [-0.39, 0.29) is 12.4 Å². The largest absolute Gasteiger partial charge is 0.445 e. The van der Waals surface area contributed by atoms with Crippen molar-refractivity contribution < 1.29 is 18.7 Å². The first kappa shape index (κ1) is 17.3. The molecule has 27 heavy (non-hydrogen) atoms. The second kappa shape index (κ2) is 7.23. The maximum Gasteiger partial charge on any atom is 0.410 e. The van der Waals surface area contributed by atoms with Crippen molar-refractivity contribution in [1.82, 2.24) is 9.88 Å². The number of Topliss-reactive ketones (excluding diaryl/α,β-unsaturated/α-hetero) is 1. The van der Waals surface area contributed by atoms with Crippen molar-refractivity contribution in [3.63, 3.8) is 0 Å². The van der Waals surface area contributed by atoms with Crippen molar-refractivity contribution in [2.75, 3.05) is 6.54 Å². The Morgan fingerprint density at radius 3 is 2.81 bits per heavy atom. The van der Waals surface area contributed by atoms with Gasteiger partial charge in [-0.2, -0.15) is 0 Å². The third-order valence-electron chi connectivity index (χ3n) is 4.90. The monoisotopic (exact) mass is 366 g/mol. The average Bonchev–Trinajstić information content (AvgIpc) is 3.33. The molecule has 0 saturated carbocycles. The summed E-state index contributed by atoms with van der Waals surface area (Å²) in [6.07, 6.45) is 2.38. The molecule has 1 fully saturated rings. The van der Waals surface area contributed by atoms with E-state index in [1.165, 1.54) is 17.0 Å². The van der Waals surface area contributed by atoms with Gasteiger partial charge in [0.2, 0.25) is 0 Å². The summed E-state index contributed by atoms with van der Waals surface area (Å²) in [5.41, 5.74) is 1.98. The number of aromatic nitrogens is 1. The van der Waals surface area contributed by atoms with Gasteiger partial charge in [0.1, 0.15) is 12.4 Å². The molecule has 0 unspecified atom stereocenters. The first-order valence-corrected chi connectivity index (χ1v) is 8.91. The summed E-state index contributed by atoms with van der Waals surface area (Å²) in [7, 11) is 0. The highest BCUT2D eigenvalue weighted by Crippen LogP contribution is 2.27. The molecule has 2 heterocycles. The molecule has 1 aliphatic rings. The maximum atomic E-state index is 13.6. The van der Waals surface area contributed by atoms with Gasteiger partial charge >= 0.3 is 6.09 Å². The minimum Gasteiger partial charge on any atom is -0.445 e. The van der Waals surface area contributed by atoms with Gasteiger partial charge in [0, 0.05) is 29.2 Å². The molecule has 1 saturated heterocycles. The molecule has 0 bridgehead atoms. The standard InChI is InChI=1S/C21H19FN2O3/c22-15-8-9-18-16(11-15)17(12-23-18)20(25)19-7-4-10-24(19)21(26)27-13-14-5-2-1-3-6-14/h1-3,5-6,8-9,11-12,19,23H,4,7,10,13H2/t19-/m0/s1. The van der Waals surface area contributed by atoms with Crippen LogP contribution in [0.1, 0.15) is 28.8 Å². The van der Waals surface area contributed by atoms with E-state index in [0.717, 1.165) is 12.0 Å². The van der Waals surface area contributed by atoms with Crippen molar-refractivity contribution in [3.05, 3.63) is 71.7 Å². The number of H-pyrrole nitrogens is 1. The quantitative estimate of drug-likeness (QED) is 0.701. The number of ether oxygens (including phenoxy) is 1. The highest BCUT2D eigenvalue weighted by atomic mass is 19.1. The van der Waals surface area contributed by atoms with Gasteiger partial charge in [-0.25, -0.2) is 9.18 Å². The van der Waals surface area contributed by atoms with Crippen LogP contribution < -0.4 is 0 Å². The van der Waals surface area contributed by atoms with E-state index in [1.807, 2.05) is 30.3 Å². The summed E-state index contributed by atoms with van der Waals surface area (Å²) < 4.78 is 19.0. The first-order valence-electron chi connectivity index (χ1n) is 8.91. The third-order valence-corrected chi connectivity index (χ3v) is 4.90. The van der Waals surface area contributed by atoms with Gasteiger partial charge in [-0.3, -0.25) is 9.69 Å². The Bertz CT molecular complexity index is 984. The summed E-state index contributed by atoms with van der Waals surface area (Å²) in [5.74, 6) is -0.595. The van der Waals surface area contributed by atoms with Crippen LogP contribution >= 0.6 is 0 Å². The first-order chi connectivity index (χ1) is 13.1. The Morgan fingerprint density at radius 2 is 2.00 bits per heavy atom. The lowest BCUT2D eigenvalue weighted by atomic mass is 10.0. The Hall–Kier alpha value is -3.15. The molecule has 1 aliphatic heterocycles. The van der Waals surface area contributed by atoms with Crippen LogP contribution in [0.3, 0.4) is 0 Å². The summed E-state index contributed by atoms with van der Waals surface area (Å²) in [5, 5.41) is 0.532. The average molecular weight is 366 g/mol. The van der Waals surface area contributed by atoms with E-state index in [1.54, 1.807) is 12.3 Å². The number of halogens is 1. The second-order valence-electron chi connectivity index (χ2n) is 6.65. The molecule has 1 atom stereocenters. The smallest absolute Gasteiger partial charge is 0.410 e. The fourth-order valence-corrected chi connectivity index (χ4v) is 3.54. The van der Waals surface area contributed by atoms with Gasteiger partial charge in [-0.15, -0.1) is 0 Å². The molecule has 5 nitrogen and oxygen atoms in total. The summed E-state index contributed by atoms with van der Waals surface area (Å²) in [6.45, 7) is 0.635. The van der Waals surface area contributed by atoms with Crippen LogP contribution in [0.15, 0.2) is 54.7 Å². The lowest BCUT2D eigenvalue weighted by Gasteiger charge is -2.23. The molecule has 1 aromatic heterocycles. The number of aromatic amines is 1. The zero-order valence-corrected chi connectivity index (χ0v) is 14.7. The van der Waals surface area contributed by atoms with Crippen molar-refractivity contribution in [2.24, 2.45) is 0 Å². The van der Waals surface area contributed by atoms with Crippen LogP contribution in [0.5, 0.6) is 0 Å². The number of ketones is 1. The fraction of sp³-hybridized carbons (Fsp3) is 0.238. The number of carbonyl (C=O) groups excluding carboxylic acids is 2. The molecule has 0 aliphatic carbocycles. The minimum atomic E-state index is -0.587. The summed E-state index contributed by atoms with van der Waals surface area (Å²) in [6, 6.07) is 13.1. The molecular weight excluding hydrogens is 347 g/mol. The van der Waals surface area contributed by atoms with Crippen LogP contribution in [0.2, 0.25) is 0 Å². The van der Waals surface area contributed by atoms with Gasteiger partial charge in [0.25, 0.3) is 0 Å². The number of carbonyl (C=O) groups is 2. The van der Waals surface area contributed by atoms with Crippen molar-refractivity contribution >= 4 is 22.8 Å². The maximum absolute atomic E-state index is 13.6. The van der Waals surface area contributed by atoms with Crippen LogP contribution in [-0.4, -0.2) is 34.3 Å². The molecular formula is C21H19FN2O3. The highest BCUT2D eigenvalue weighted by molar-refractivity contribution is 6.11. The zero-order chi connectivity index (χ0) is 18.8. The van der Waals surface area contributed by atoms with E-state index in [9.17, 15) is 14.0 Å². The van der Waals surface area contributed by atoms with Crippen LogP contribution in [0.4, 0.5) is 9.18 Å². The SMILES string of the molecule is O=C(c1c[nH]c2ccc(F)cc12)[C@@H]1CCCN1C(=O)OCc1ccccc1. The number of amides is 1. The molecule has 138 valence electrons. The summed E-state index contributed by atoms with van der Waals surface area (Å²) in [4.78, 5) is 30.0. The molecule has 4 rings (SSSR count). The van der Waals surface area contributed by atoms with E-state index in [0.29, 0.717) is 29.4 Å². The Labute approximate surface area is 155 Å². The van der Waals surface area contributed by atoms with Crippen LogP contribution in [0, 0.1) is 5.82 Å². The van der Waals surface area contributed by atoms with Crippen molar-refractivity contribution in [1.29, 1.82) is 0 Å². The van der Waals surface area contributed by atoms with E-state index >= 15 is 0 Å². The highest BCUT2D eigenvalue weighted by Gasteiger charge is 2.36. The summed E-state index contributed by atoms with van der Waals surface area (Å²) >= 11 is 0. The molecule has 3 aromatic rings. The topological polar surface area (TPSA) is 62.4 Å². The fourth-order valence-electron chi connectivity index (χ4n) is 3.54. The number of nitrogens with zero attached hydrogens (tertiary/aromatic N) is 1. The molecule has 1 amide bonds. The van der Waals surface area contributed by atoms with Crippen LogP contribution in [0.25, 0.3) is 10.9 Å². The Morgan fingerprint density at radius 1 is 1.19 bits per heavy atom. The zero-order valence-electron chi connectivity index (χ0n) is 14.7. The number of benzene rings is 2. The van der Waals surface area contributed by atoms with Gasteiger partial charge < -0.3 is 9.72 Å². The normalized spacial score (nSPS) is 16.6. The number of hydrogen-bond donors (Lipinski definition) is 1. The lowest BCUT2D eigenvalue weighted by molar-refractivity contribution is 0.0739. The van der Waals surface area contributed by atoms with Gasteiger partial charge in [-0.05, 0) is 36.6 Å². The number of likely N-dealkylation sites (tertiary alicyclic amines) is 1. The number of nitrogens with one attached hydrogen (secondary N) is 1. The molecule has 1 N–H and O–H groups in total. The number of rotatable bonds is 4. The molecule has 2 aromatic carbocycles. The van der Waals surface area contributed by atoms with Crippen molar-refractivity contribution in [2.45, 2.75) is 25.5 Å².